The molecule has 3 rings (SSSR count). The van der Waals surface area contributed by atoms with E-state index in [4.69, 9.17) is 9.47 Å². The minimum atomic E-state index is -0.474. The van der Waals surface area contributed by atoms with Gasteiger partial charge in [-0.25, -0.2) is 14.3 Å². The summed E-state index contributed by atoms with van der Waals surface area (Å²) in [7, 11) is 3.06. The van der Waals surface area contributed by atoms with Crippen molar-refractivity contribution in [2.45, 2.75) is 26.4 Å². The first-order valence-electron chi connectivity index (χ1n) is 8.36. The topological polar surface area (TPSA) is 80.3 Å². The maximum Gasteiger partial charge on any atom is 0.337 e. The third-order valence-electron chi connectivity index (χ3n) is 4.26. The molecule has 0 saturated carbocycles. The summed E-state index contributed by atoms with van der Waals surface area (Å²) in [5, 5.41) is 0. The predicted octanol–water partition coefficient (Wildman–Crippen LogP) is 1.58. The van der Waals surface area contributed by atoms with E-state index in [2.05, 4.69) is 4.98 Å². The molecular formula is C18H22N4O4. The van der Waals surface area contributed by atoms with Gasteiger partial charge in [0.25, 0.3) is 5.56 Å². The second-order valence-electron chi connectivity index (χ2n) is 6.16. The van der Waals surface area contributed by atoms with Crippen molar-refractivity contribution in [2.75, 3.05) is 20.8 Å². The predicted molar refractivity (Wildman–Crippen MR) is 98.4 cm³/mol. The molecular weight excluding hydrogens is 336 g/mol. The number of fused-ring (bicyclic) bond motifs is 1. The van der Waals surface area contributed by atoms with Crippen molar-refractivity contribution < 1.29 is 9.47 Å². The Hall–Kier alpha value is -2.87. The average molecular weight is 358 g/mol. The van der Waals surface area contributed by atoms with Crippen LogP contribution >= 0.6 is 0 Å². The zero-order valence-electron chi connectivity index (χ0n) is 15.3. The molecule has 2 heterocycles. The molecule has 0 aliphatic rings. The average Bonchev–Trinajstić information content (AvgIpc) is 3.07. The Morgan fingerprint density at radius 1 is 1.15 bits per heavy atom. The number of para-hydroxylation sites is 2. The van der Waals surface area contributed by atoms with Crippen molar-refractivity contribution in [1.29, 1.82) is 0 Å². The SMILES string of the molecule is COCCn1c(=O)c2c(ncn2C(C)C)n(-c2ccccc2OC)c1=O. The van der Waals surface area contributed by atoms with Crippen LogP contribution in [0.5, 0.6) is 5.75 Å². The van der Waals surface area contributed by atoms with Crippen LogP contribution in [0.15, 0.2) is 40.2 Å². The summed E-state index contributed by atoms with van der Waals surface area (Å²) in [5.41, 5.74) is 0.371. The number of rotatable bonds is 6. The zero-order valence-corrected chi connectivity index (χ0v) is 15.3. The van der Waals surface area contributed by atoms with E-state index in [0.29, 0.717) is 22.6 Å². The van der Waals surface area contributed by atoms with Crippen LogP contribution in [0.25, 0.3) is 16.9 Å². The molecule has 0 saturated heterocycles. The summed E-state index contributed by atoms with van der Waals surface area (Å²) in [6.07, 6.45) is 1.59. The van der Waals surface area contributed by atoms with Gasteiger partial charge in [-0.1, -0.05) is 12.1 Å². The lowest BCUT2D eigenvalue weighted by Crippen LogP contribution is -2.41. The van der Waals surface area contributed by atoms with Crippen molar-refractivity contribution in [3.8, 4) is 11.4 Å². The Bertz CT molecular complexity index is 1050. The maximum atomic E-state index is 13.1. The molecule has 1 aromatic carbocycles. The molecule has 0 aliphatic carbocycles. The van der Waals surface area contributed by atoms with E-state index in [1.54, 1.807) is 29.1 Å². The van der Waals surface area contributed by atoms with E-state index in [9.17, 15) is 9.59 Å². The van der Waals surface area contributed by atoms with Crippen molar-refractivity contribution in [2.24, 2.45) is 0 Å². The molecule has 0 N–H and O–H groups in total. The molecule has 0 unspecified atom stereocenters. The number of hydrogen-bond donors (Lipinski definition) is 0. The van der Waals surface area contributed by atoms with Gasteiger partial charge in [0, 0.05) is 13.2 Å². The fraction of sp³-hybridized carbons (Fsp3) is 0.389. The summed E-state index contributed by atoms with van der Waals surface area (Å²) >= 11 is 0. The molecule has 0 aliphatic heterocycles. The Morgan fingerprint density at radius 2 is 1.88 bits per heavy atom. The van der Waals surface area contributed by atoms with Gasteiger partial charge in [0.05, 0.1) is 32.3 Å². The molecule has 0 fully saturated rings. The smallest absolute Gasteiger partial charge is 0.337 e. The van der Waals surface area contributed by atoms with E-state index >= 15 is 0 Å². The molecule has 0 spiro atoms. The Morgan fingerprint density at radius 3 is 2.54 bits per heavy atom. The minimum absolute atomic E-state index is 0.0206. The van der Waals surface area contributed by atoms with Crippen LogP contribution in [-0.4, -0.2) is 39.5 Å². The summed E-state index contributed by atoms with van der Waals surface area (Å²) in [4.78, 5) is 30.5. The lowest BCUT2D eigenvalue weighted by molar-refractivity contribution is 0.184. The van der Waals surface area contributed by atoms with Crippen LogP contribution in [0.1, 0.15) is 19.9 Å². The van der Waals surface area contributed by atoms with E-state index in [1.165, 1.54) is 23.4 Å². The highest BCUT2D eigenvalue weighted by Crippen LogP contribution is 2.23. The van der Waals surface area contributed by atoms with Gasteiger partial charge < -0.3 is 14.0 Å². The highest BCUT2D eigenvalue weighted by Gasteiger charge is 2.21. The van der Waals surface area contributed by atoms with E-state index < -0.39 is 5.69 Å². The maximum absolute atomic E-state index is 13.1. The fourth-order valence-corrected chi connectivity index (χ4v) is 2.95. The molecule has 0 atom stereocenters. The van der Waals surface area contributed by atoms with Gasteiger partial charge in [-0.3, -0.25) is 9.36 Å². The number of methoxy groups -OCH3 is 2. The van der Waals surface area contributed by atoms with Gasteiger partial charge in [-0.05, 0) is 26.0 Å². The van der Waals surface area contributed by atoms with Crippen LogP contribution in [0.4, 0.5) is 0 Å². The number of nitrogens with zero attached hydrogens (tertiary/aromatic N) is 4. The Kier molecular flexibility index (Phi) is 4.94. The molecule has 3 aromatic rings. The number of benzene rings is 1. The van der Waals surface area contributed by atoms with Gasteiger partial charge in [0.1, 0.15) is 5.75 Å². The normalized spacial score (nSPS) is 11.4. The molecule has 26 heavy (non-hydrogen) atoms. The molecule has 0 amide bonds. The monoisotopic (exact) mass is 358 g/mol. The highest BCUT2D eigenvalue weighted by atomic mass is 16.5. The van der Waals surface area contributed by atoms with Crippen molar-refractivity contribution >= 4 is 11.2 Å². The molecule has 2 aromatic heterocycles. The van der Waals surface area contributed by atoms with Crippen LogP contribution in [0.3, 0.4) is 0 Å². The van der Waals surface area contributed by atoms with Crippen LogP contribution < -0.4 is 16.0 Å². The van der Waals surface area contributed by atoms with Crippen LogP contribution in [-0.2, 0) is 11.3 Å². The van der Waals surface area contributed by atoms with Crippen LogP contribution in [0, 0.1) is 0 Å². The van der Waals surface area contributed by atoms with Crippen LogP contribution in [0.2, 0.25) is 0 Å². The minimum Gasteiger partial charge on any atom is -0.495 e. The number of hydrogen-bond acceptors (Lipinski definition) is 5. The summed E-state index contributed by atoms with van der Waals surface area (Å²) in [5.74, 6) is 0.520. The van der Waals surface area contributed by atoms with Crippen molar-refractivity contribution in [3.63, 3.8) is 0 Å². The first kappa shape index (κ1) is 17.9. The lowest BCUT2D eigenvalue weighted by Gasteiger charge is -2.15. The quantitative estimate of drug-likeness (QED) is 0.668. The van der Waals surface area contributed by atoms with Gasteiger partial charge in [0.2, 0.25) is 0 Å². The molecule has 8 nitrogen and oxygen atoms in total. The third-order valence-corrected chi connectivity index (χ3v) is 4.26. The van der Waals surface area contributed by atoms with Gasteiger partial charge in [-0.2, -0.15) is 0 Å². The second-order valence-corrected chi connectivity index (χ2v) is 6.16. The third kappa shape index (κ3) is 2.82. The molecule has 138 valence electrons. The lowest BCUT2D eigenvalue weighted by atomic mass is 10.3. The fourth-order valence-electron chi connectivity index (χ4n) is 2.95. The standard InChI is InChI=1S/C18H22N4O4/c1-12(2)21-11-19-16-15(21)17(23)20(9-10-25-3)18(24)22(16)13-7-5-6-8-14(13)26-4/h5-8,11-12H,9-10H2,1-4H3. The largest absolute Gasteiger partial charge is 0.495 e. The van der Waals surface area contributed by atoms with Crippen molar-refractivity contribution in [1.82, 2.24) is 18.7 Å². The Labute approximate surface area is 150 Å². The van der Waals surface area contributed by atoms with E-state index in [1.807, 2.05) is 19.9 Å². The molecule has 8 heteroatoms. The Balaban J connectivity index is 2.45. The molecule has 0 bridgehead atoms. The zero-order chi connectivity index (χ0) is 18.8. The summed E-state index contributed by atoms with van der Waals surface area (Å²) in [6, 6.07) is 7.17. The molecule has 0 radical (unpaired) electrons. The van der Waals surface area contributed by atoms with Crippen molar-refractivity contribution in [3.05, 3.63) is 51.4 Å². The summed E-state index contributed by atoms with van der Waals surface area (Å²) in [6.45, 7) is 4.32. The van der Waals surface area contributed by atoms with Gasteiger partial charge >= 0.3 is 5.69 Å². The number of imidazole rings is 1. The summed E-state index contributed by atoms with van der Waals surface area (Å²) < 4.78 is 14.8. The van der Waals surface area contributed by atoms with Gasteiger partial charge in [-0.15, -0.1) is 0 Å². The first-order valence-corrected chi connectivity index (χ1v) is 8.36. The second kappa shape index (κ2) is 7.17. The number of aromatic nitrogens is 4. The highest BCUT2D eigenvalue weighted by molar-refractivity contribution is 5.73. The number of ether oxygens (including phenoxy) is 2. The van der Waals surface area contributed by atoms with Gasteiger partial charge in [0.15, 0.2) is 11.2 Å². The van der Waals surface area contributed by atoms with E-state index in [-0.39, 0.29) is 24.8 Å². The van der Waals surface area contributed by atoms with E-state index in [0.717, 1.165) is 0 Å². The first-order chi connectivity index (χ1) is 12.5.